The van der Waals surface area contributed by atoms with E-state index < -0.39 is 12.1 Å². The Labute approximate surface area is 91.3 Å². The molecule has 0 rings (SSSR count). The molecule has 0 heterocycles. The molecule has 0 N–H and O–H groups in total. The van der Waals surface area contributed by atoms with E-state index >= 15 is 0 Å². The Balaban J connectivity index is 3.89. The minimum absolute atomic E-state index is 0.286. The summed E-state index contributed by atoms with van der Waals surface area (Å²) < 4.78 is 37.7. The van der Waals surface area contributed by atoms with Gasteiger partial charge in [-0.25, -0.2) is 0 Å². The number of hydrogen-bond acceptors (Lipinski definition) is 0. The first-order valence-electron chi connectivity index (χ1n) is 5.81. The van der Waals surface area contributed by atoms with Gasteiger partial charge in [-0.2, -0.15) is 13.2 Å². The lowest BCUT2D eigenvalue weighted by Gasteiger charge is -2.23. The van der Waals surface area contributed by atoms with E-state index in [0.29, 0.717) is 12.3 Å². The molecule has 0 saturated carbocycles. The fraction of sp³-hybridized carbons (Fsp3) is 1.00. The van der Waals surface area contributed by atoms with E-state index in [-0.39, 0.29) is 12.3 Å². The molecule has 0 fully saturated rings. The molecule has 92 valence electrons. The smallest absolute Gasteiger partial charge is 0.171 e. The Morgan fingerprint density at radius 2 is 1.33 bits per heavy atom. The van der Waals surface area contributed by atoms with Crippen LogP contribution in [0, 0.1) is 17.8 Å². The van der Waals surface area contributed by atoms with Crippen LogP contribution in [0.25, 0.3) is 0 Å². The van der Waals surface area contributed by atoms with Crippen molar-refractivity contribution in [1.82, 2.24) is 0 Å². The summed E-state index contributed by atoms with van der Waals surface area (Å²) in [5.41, 5.74) is 0. The van der Waals surface area contributed by atoms with Gasteiger partial charge in [-0.05, 0) is 18.3 Å². The van der Waals surface area contributed by atoms with Gasteiger partial charge in [-0.3, -0.25) is 0 Å². The first-order chi connectivity index (χ1) is 6.75. The van der Waals surface area contributed by atoms with E-state index in [9.17, 15) is 13.2 Å². The minimum atomic E-state index is -4.02. The van der Waals surface area contributed by atoms with Gasteiger partial charge in [0, 0.05) is 0 Å². The average Bonchev–Trinajstić information content (AvgIpc) is 1.99. The Morgan fingerprint density at radius 1 is 0.867 bits per heavy atom. The summed E-state index contributed by atoms with van der Waals surface area (Å²) in [6.45, 7) is 7.51. The lowest BCUT2D eigenvalue weighted by atomic mass is 9.89. The van der Waals surface area contributed by atoms with Crippen LogP contribution in [0.15, 0.2) is 0 Å². The highest BCUT2D eigenvalue weighted by molar-refractivity contribution is 4.71. The Hall–Kier alpha value is -0.210. The van der Waals surface area contributed by atoms with Gasteiger partial charge in [0.15, 0.2) is 0 Å². The molecule has 0 amide bonds. The molecule has 0 unspecified atom stereocenters. The summed E-state index contributed by atoms with van der Waals surface area (Å²) in [4.78, 5) is 0. The van der Waals surface area contributed by atoms with Crippen molar-refractivity contribution in [2.45, 2.75) is 59.6 Å². The third-order valence-electron chi connectivity index (χ3n) is 2.77. The number of hydrogen-bond donors (Lipinski definition) is 0. The van der Waals surface area contributed by atoms with E-state index in [4.69, 9.17) is 0 Å². The summed E-state index contributed by atoms with van der Waals surface area (Å²) in [5.74, 6) is -0.831. The van der Waals surface area contributed by atoms with Crippen molar-refractivity contribution in [3.8, 4) is 0 Å². The van der Waals surface area contributed by atoms with Crippen LogP contribution in [-0.2, 0) is 0 Å². The lowest BCUT2D eigenvalue weighted by Crippen LogP contribution is -2.27. The van der Waals surface area contributed by atoms with Crippen LogP contribution in [0.2, 0.25) is 0 Å². The van der Waals surface area contributed by atoms with Gasteiger partial charge in [0.1, 0.15) is 0 Å². The normalized spacial score (nSPS) is 15.0. The molecule has 0 saturated heterocycles. The molecule has 3 heteroatoms. The third-order valence-corrected chi connectivity index (χ3v) is 2.77. The number of alkyl halides is 3. The molecule has 1 atom stereocenters. The molecule has 0 aliphatic rings. The maximum atomic E-state index is 12.6. The second-order valence-corrected chi connectivity index (χ2v) is 5.07. The standard InChI is InChI=1S/C12H23F3/c1-9(2)7-5-6-8-11(10(3)4)12(13,14)15/h9-11H,5-8H2,1-4H3/t11-/m0/s1. The molecule has 15 heavy (non-hydrogen) atoms. The van der Waals surface area contributed by atoms with Crippen molar-refractivity contribution < 1.29 is 13.2 Å². The molecule has 0 aliphatic heterocycles. The molecule has 0 aromatic heterocycles. The Kier molecular flexibility index (Phi) is 6.30. The van der Waals surface area contributed by atoms with E-state index in [1.807, 2.05) is 0 Å². The average molecular weight is 224 g/mol. The lowest BCUT2D eigenvalue weighted by molar-refractivity contribution is -0.187. The van der Waals surface area contributed by atoms with Crippen molar-refractivity contribution in [1.29, 1.82) is 0 Å². The molecular formula is C12H23F3. The van der Waals surface area contributed by atoms with E-state index in [1.54, 1.807) is 13.8 Å². The molecular weight excluding hydrogens is 201 g/mol. The number of rotatable bonds is 6. The third kappa shape index (κ3) is 6.80. The Morgan fingerprint density at radius 3 is 1.67 bits per heavy atom. The summed E-state index contributed by atoms with van der Waals surface area (Å²) in [7, 11) is 0. The first kappa shape index (κ1) is 14.8. The zero-order valence-corrected chi connectivity index (χ0v) is 10.2. The van der Waals surface area contributed by atoms with Gasteiger partial charge in [-0.15, -0.1) is 0 Å². The van der Waals surface area contributed by atoms with Gasteiger partial charge in [0.05, 0.1) is 5.92 Å². The molecule has 0 radical (unpaired) electrons. The largest absolute Gasteiger partial charge is 0.392 e. The van der Waals surface area contributed by atoms with Crippen LogP contribution in [0.4, 0.5) is 13.2 Å². The maximum Gasteiger partial charge on any atom is 0.392 e. The first-order valence-corrected chi connectivity index (χ1v) is 5.81. The second kappa shape index (κ2) is 6.39. The fourth-order valence-electron chi connectivity index (χ4n) is 1.79. The van der Waals surface area contributed by atoms with E-state index in [2.05, 4.69) is 13.8 Å². The SMILES string of the molecule is CC(C)CCCC[C@@H](C(C)C)C(F)(F)F. The molecule has 0 bridgehead atoms. The predicted molar refractivity (Wildman–Crippen MR) is 57.7 cm³/mol. The topological polar surface area (TPSA) is 0 Å². The molecule has 0 spiro atoms. The van der Waals surface area contributed by atoms with Gasteiger partial charge in [0.2, 0.25) is 0 Å². The summed E-state index contributed by atoms with van der Waals surface area (Å²) in [6.07, 6.45) is -1.10. The van der Waals surface area contributed by atoms with Crippen molar-refractivity contribution >= 4 is 0 Å². The van der Waals surface area contributed by atoms with Crippen LogP contribution >= 0.6 is 0 Å². The quantitative estimate of drug-likeness (QED) is 0.554. The van der Waals surface area contributed by atoms with Crippen LogP contribution in [0.5, 0.6) is 0 Å². The highest BCUT2D eigenvalue weighted by Gasteiger charge is 2.40. The highest BCUT2D eigenvalue weighted by Crippen LogP contribution is 2.35. The zero-order chi connectivity index (χ0) is 12.1. The monoisotopic (exact) mass is 224 g/mol. The fourth-order valence-corrected chi connectivity index (χ4v) is 1.79. The minimum Gasteiger partial charge on any atom is -0.171 e. The molecule has 0 aromatic rings. The van der Waals surface area contributed by atoms with Crippen LogP contribution in [0.3, 0.4) is 0 Å². The highest BCUT2D eigenvalue weighted by atomic mass is 19.4. The van der Waals surface area contributed by atoms with Crippen molar-refractivity contribution in [2.75, 3.05) is 0 Å². The molecule has 0 aromatic carbocycles. The van der Waals surface area contributed by atoms with Gasteiger partial charge in [-0.1, -0.05) is 47.0 Å². The summed E-state index contributed by atoms with van der Waals surface area (Å²) >= 11 is 0. The van der Waals surface area contributed by atoms with E-state index in [0.717, 1.165) is 12.8 Å². The maximum absolute atomic E-state index is 12.6. The van der Waals surface area contributed by atoms with E-state index in [1.165, 1.54) is 0 Å². The Bertz CT molecular complexity index is 159. The summed E-state index contributed by atoms with van der Waals surface area (Å²) in [5, 5.41) is 0. The van der Waals surface area contributed by atoms with Crippen molar-refractivity contribution in [3.05, 3.63) is 0 Å². The van der Waals surface area contributed by atoms with Crippen molar-refractivity contribution in [2.24, 2.45) is 17.8 Å². The van der Waals surface area contributed by atoms with Crippen LogP contribution in [-0.4, -0.2) is 6.18 Å². The van der Waals surface area contributed by atoms with Crippen molar-refractivity contribution in [3.63, 3.8) is 0 Å². The van der Waals surface area contributed by atoms with Gasteiger partial charge < -0.3 is 0 Å². The van der Waals surface area contributed by atoms with Crippen LogP contribution < -0.4 is 0 Å². The van der Waals surface area contributed by atoms with Crippen LogP contribution in [0.1, 0.15) is 53.4 Å². The number of halogens is 3. The van der Waals surface area contributed by atoms with Gasteiger partial charge in [0.25, 0.3) is 0 Å². The zero-order valence-electron chi connectivity index (χ0n) is 10.2. The molecule has 0 aliphatic carbocycles. The number of unbranched alkanes of at least 4 members (excludes halogenated alkanes) is 1. The molecule has 0 nitrogen and oxygen atoms in total. The van der Waals surface area contributed by atoms with Gasteiger partial charge >= 0.3 is 6.18 Å². The predicted octanol–water partition coefficient (Wildman–Crippen LogP) is 5.04. The summed E-state index contributed by atoms with van der Waals surface area (Å²) in [6, 6.07) is 0. The second-order valence-electron chi connectivity index (χ2n) is 5.07.